The van der Waals surface area contributed by atoms with Crippen LogP contribution in [0.25, 0.3) is 0 Å². The fraction of sp³-hybridized carbons (Fsp3) is 0.158. The minimum absolute atomic E-state index is 0.159. The summed E-state index contributed by atoms with van der Waals surface area (Å²) in [5.74, 6) is -0.952. The van der Waals surface area contributed by atoms with Gasteiger partial charge in [-0.2, -0.15) is 0 Å². The molecular formula is C19H18Br2N2O6. The fourth-order valence-electron chi connectivity index (χ4n) is 2.42. The van der Waals surface area contributed by atoms with Crippen LogP contribution in [0.1, 0.15) is 11.7 Å². The second-order valence-corrected chi connectivity index (χ2v) is 7.45. The highest BCUT2D eigenvalue weighted by Crippen LogP contribution is 2.39. The first-order valence-electron chi connectivity index (χ1n) is 8.21. The lowest BCUT2D eigenvalue weighted by Gasteiger charge is -2.25. The molecule has 2 rings (SSSR count). The lowest BCUT2D eigenvalue weighted by Crippen LogP contribution is -2.27. The topological polar surface area (TPSA) is 117 Å². The zero-order chi connectivity index (χ0) is 21.4. The van der Waals surface area contributed by atoms with E-state index in [0.717, 1.165) is 6.08 Å². The summed E-state index contributed by atoms with van der Waals surface area (Å²) in [5, 5.41) is 21.7. The van der Waals surface area contributed by atoms with Crippen LogP contribution < -0.4 is 10.8 Å². The van der Waals surface area contributed by atoms with Gasteiger partial charge in [-0.15, -0.1) is 0 Å². The number of ether oxygens (including phenoxy) is 2. The normalized spacial score (nSPS) is 13.0. The van der Waals surface area contributed by atoms with Gasteiger partial charge in [0.1, 0.15) is 11.9 Å². The average molecular weight is 530 g/mol. The highest BCUT2D eigenvalue weighted by atomic mass is 79.9. The van der Waals surface area contributed by atoms with Gasteiger partial charge in [-0.25, -0.2) is 10.3 Å². The number of anilines is 1. The van der Waals surface area contributed by atoms with Crippen LogP contribution in [-0.2, 0) is 14.3 Å². The second kappa shape index (κ2) is 11.0. The number of para-hydroxylation sites is 1. The summed E-state index contributed by atoms with van der Waals surface area (Å²) >= 11 is 6.56. The predicted molar refractivity (Wildman–Crippen MR) is 113 cm³/mol. The minimum Gasteiger partial charge on any atom is -0.506 e. The number of rotatable bonds is 7. The second-order valence-electron chi connectivity index (χ2n) is 5.68. The minimum atomic E-state index is -1.12. The third-order valence-corrected chi connectivity index (χ3v) is 4.80. The molecule has 0 saturated heterocycles. The monoisotopic (exact) mass is 528 g/mol. The van der Waals surface area contributed by atoms with Gasteiger partial charge in [0.15, 0.2) is 6.10 Å². The summed E-state index contributed by atoms with van der Waals surface area (Å²) in [6, 6.07) is 11.8. The first kappa shape index (κ1) is 22.9. The van der Waals surface area contributed by atoms with Crippen molar-refractivity contribution in [2.75, 3.05) is 12.4 Å². The molecule has 2 atom stereocenters. The van der Waals surface area contributed by atoms with Crippen LogP contribution in [0.15, 0.2) is 63.6 Å². The van der Waals surface area contributed by atoms with Gasteiger partial charge in [0.2, 0.25) is 0 Å². The van der Waals surface area contributed by atoms with Crippen molar-refractivity contribution in [1.82, 2.24) is 5.48 Å². The highest BCUT2D eigenvalue weighted by Gasteiger charge is 2.29. The Morgan fingerprint density at radius 1 is 1.17 bits per heavy atom. The Hall–Kier alpha value is -2.40. The van der Waals surface area contributed by atoms with Gasteiger partial charge < -0.3 is 14.6 Å². The summed E-state index contributed by atoms with van der Waals surface area (Å²) in [7, 11) is 1.35. The molecule has 0 saturated carbocycles. The summed E-state index contributed by atoms with van der Waals surface area (Å²) in [4.78, 5) is 23.8. The molecule has 2 aromatic carbocycles. The molecule has 0 spiro atoms. The van der Waals surface area contributed by atoms with E-state index in [1.165, 1.54) is 18.7 Å². The average Bonchev–Trinajstić information content (AvgIpc) is 2.70. The SMILES string of the molecule is CO[C@H](/C=C/C(=O)NO)[C@H](OC(=O)Nc1ccccc1)c1cc(Br)cc(Br)c1O. The summed E-state index contributed by atoms with van der Waals surface area (Å²) in [6.07, 6.45) is -0.566. The summed E-state index contributed by atoms with van der Waals surface area (Å²) in [5.41, 5.74) is 2.21. The zero-order valence-corrected chi connectivity index (χ0v) is 18.3. The molecule has 0 unspecified atom stereocenters. The maximum Gasteiger partial charge on any atom is 0.412 e. The van der Waals surface area contributed by atoms with Crippen molar-refractivity contribution in [3.05, 3.63) is 69.1 Å². The number of halogens is 2. The van der Waals surface area contributed by atoms with E-state index in [4.69, 9.17) is 14.7 Å². The van der Waals surface area contributed by atoms with Crippen LogP contribution in [0.2, 0.25) is 0 Å². The molecule has 8 nitrogen and oxygen atoms in total. The van der Waals surface area contributed by atoms with Gasteiger partial charge >= 0.3 is 6.09 Å². The quantitative estimate of drug-likeness (QED) is 0.241. The number of carbonyl (C=O) groups excluding carboxylic acids is 2. The highest BCUT2D eigenvalue weighted by molar-refractivity contribution is 9.11. The van der Waals surface area contributed by atoms with Gasteiger partial charge in [0.25, 0.3) is 5.91 Å². The fourth-order valence-corrected chi connectivity index (χ4v) is 3.68. The van der Waals surface area contributed by atoms with Gasteiger partial charge in [-0.05, 0) is 46.3 Å². The number of carbonyl (C=O) groups is 2. The van der Waals surface area contributed by atoms with Gasteiger partial charge in [-0.1, -0.05) is 34.1 Å². The maximum atomic E-state index is 12.5. The van der Waals surface area contributed by atoms with Crippen molar-refractivity contribution < 1.29 is 29.4 Å². The maximum absolute atomic E-state index is 12.5. The Bertz CT molecular complexity index is 892. The van der Waals surface area contributed by atoms with E-state index in [2.05, 4.69) is 37.2 Å². The summed E-state index contributed by atoms with van der Waals surface area (Å²) < 4.78 is 11.9. The third kappa shape index (κ3) is 6.57. The number of hydrogen-bond acceptors (Lipinski definition) is 6. The number of phenolic OH excluding ortho intramolecular Hbond substituents is 1. The van der Waals surface area contributed by atoms with Crippen molar-refractivity contribution in [3.8, 4) is 5.75 Å². The molecule has 4 N–H and O–H groups in total. The number of aromatic hydroxyl groups is 1. The van der Waals surface area contributed by atoms with Crippen molar-refractivity contribution in [2.45, 2.75) is 12.2 Å². The van der Waals surface area contributed by atoms with Crippen LogP contribution in [-0.4, -0.2) is 35.5 Å². The molecule has 0 radical (unpaired) electrons. The van der Waals surface area contributed by atoms with Crippen molar-refractivity contribution in [2.24, 2.45) is 0 Å². The Balaban J connectivity index is 2.38. The van der Waals surface area contributed by atoms with E-state index in [1.54, 1.807) is 42.5 Å². The molecule has 10 heteroatoms. The Labute approximate surface area is 183 Å². The lowest BCUT2D eigenvalue weighted by atomic mass is 10.0. The number of benzene rings is 2. The van der Waals surface area contributed by atoms with Gasteiger partial charge in [-0.3, -0.25) is 15.3 Å². The Morgan fingerprint density at radius 2 is 1.86 bits per heavy atom. The van der Waals surface area contributed by atoms with Gasteiger partial charge in [0, 0.05) is 28.9 Å². The number of phenols is 1. The molecule has 2 aromatic rings. The van der Waals surface area contributed by atoms with Crippen molar-refractivity contribution in [1.29, 1.82) is 0 Å². The van der Waals surface area contributed by atoms with Crippen LogP contribution in [0.3, 0.4) is 0 Å². The molecule has 0 aliphatic carbocycles. The largest absolute Gasteiger partial charge is 0.506 e. The molecular weight excluding hydrogens is 512 g/mol. The first-order valence-corrected chi connectivity index (χ1v) is 9.80. The van der Waals surface area contributed by atoms with Crippen molar-refractivity contribution in [3.63, 3.8) is 0 Å². The van der Waals surface area contributed by atoms with E-state index < -0.39 is 24.2 Å². The lowest BCUT2D eigenvalue weighted by molar-refractivity contribution is -0.124. The molecule has 0 aliphatic rings. The number of methoxy groups -OCH3 is 1. The Kier molecular flexibility index (Phi) is 8.65. The van der Waals surface area contributed by atoms with Crippen LogP contribution in [0.5, 0.6) is 5.75 Å². The molecule has 154 valence electrons. The smallest absolute Gasteiger partial charge is 0.412 e. The molecule has 0 aliphatic heterocycles. The third-order valence-electron chi connectivity index (χ3n) is 3.74. The van der Waals surface area contributed by atoms with Crippen LogP contribution in [0.4, 0.5) is 10.5 Å². The van der Waals surface area contributed by atoms with Crippen LogP contribution >= 0.6 is 31.9 Å². The van der Waals surface area contributed by atoms with E-state index in [0.29, 0.717) is 14.6 Å². The Morgan fingerprint density at radius 3 is 2.48 bits per heavy atom. The van der Waals surface area contributed by atoms with E-state index in [9.17, 15) is 14.7 Å². The predicted octanol–water partition coefficient (Wildman–Crippen LogP) is 4.28. The van der Waals surface area contributed by atoms with Crippen LogP contribution in [0, 0.1) is 0 Å². The van der Waals surface area contributed by atoms with E-state index in [1.807, 2.05) is 0 Å². The molecule has 0 bridgehead atoms. The molecule has 0 heterocycles. The molecule has 29 heavy (non-hydrogen) atoms. The number of hydrogen-bond donors (Lipinski definition) is 4. The molecule has 0 aromatic heterocycles. The summed E-state index contributed by atoms with van der Waals surface area (Å²) in [6.45, 7) is 0. The van der Waals surface area contributed by atoms with Crippen molar-refractivity contribution >= 4 is 49.5 Å². The van der Waals surface area contributed by atoms with E-state index >= 15 is 0 Å². The molecule has 2 amide bonds. The van der Waals surface area contributed by atoms with Gasteiger partial charge in [0.05, 0.1) is 4.47 Å². The number of nitrogens with one attached hydrogen (secondary N) is 2. The molecule has 0 fully saturated rings. The van der Waals surface area contributed by atoms with E-state index in [-0.39, 0.29) is 11.3 Å². The standard InChI is InChI=1S/C19H18Br2N2O6/c1-28-15(7-8-16(24)23-27)18(13-9-11(20)10-14(21)17(13)25)29-19(26)22-12-5-3-2-4-6-12/h2-10,15,18,25,27H,1H3,(H,22,26)(H,23,24)/b8-7+/t15-,18-/m1/s1. The number of hydroxylamine groups is 1. The number of amides is 2. The zero-order valence-electron chi connectivity index (χ0n) is 15.1. The first-order chi connectivity index (χ1) is 13.8.